The molecule has 14 heavy (non-hydrogen) atoms. The Morgan fingerprint density at radius 1 is 1.36 bits per heavy atom. The van der Waals surface area contributed by atoms with Crippen LogP contribution in [-0.4, -0.2) is 12.6 Å². The van der Waals surface area contributed by atoms with E-state index >= 15 is 0 Å². The maximum atomic E-state index is 5.80. The molecule has 0 fully saturated rings. The zero-order chi connectivity index (χ0) is 9.84. The van der Waals surface area contributed by atoms with Crippen molar-refractivity contribution in [2.24, 2.45) is 5.73 Å². The van der Waals surface area contributed by atoms with Gasteiger partial charge in [-0.3, -0.25) is 0 Å². The molecule has 2 nitrogen and oxygen atoms in total. The largest absolute Gasteiger partial charge is 0.489 e. The smallest absolute Gasteiger partial charge is 0.121 e. The second kappa shape index (κ2) is 6.36. The second-order valence-electron chi connectivity index (χ2n) is 2.74. The molecule has 0 spiro atoms. The molecule has 0 aliphatic rings. The molecular formula is C9H12Cl3NO. The number of halogens is 3. The predicted molar refractivity (Wildman–Crippen MR) is 62.9 cm³/mol. The number of nitrogens with two attached hydrogens (primary N) is 1. The van der Waals surface area contributed by atoms with E-state index in [1.165, 1.54) is 0 Å². The van der Waals surface area contributed by atoms with E-state index in [0.29, 0.717) is 22.3 Å². The van der Waals surface area contributed by atoms with Gasteiger partial charge in [-0.15, -0.1) is 12.4 Å². The Hall–Kier alpha value is -0.150. The van der Waals surface area contributed by atoms with E-state index in [0.717, 1.165) is 0 Å². The highest BCUT2D eigenvalue weighted by atomic mass is 35.5. The lowest BCUT2D eigenvalue weighted by Gasteiger charge is -2.12. The van der Waals surface area contributed by atoms with Gasteiger partial charge in [0.15, 0.2) is 0 Å². The van der Waals surface area contributed by atoms with Crippen molar-refractivity contribution in [3.05, 3.63) is 28.2 Å². The SMILES string of the molecule is CC(CN)Oc1ccc(Cl)c(Cl)c1.Cl. The van der Waals surface area contributed by atoms with Gasteiger partial charge in [0.1, 0.15) is 11.9 Å². The Balaban J connectivity index is 0.00000169. The molecule has 1 rings (SSSR count). The maximum absolute atomic E-state index is 5.80. The van der Waals surface area contributed by atoms with E-state index in [9.17, 15) is 0 Å². The van der Waals surface area contributed by atoms with Crippen LogP contribution in [-0.2, 0) is 0 Å². The minimum Gasteiger partial charge on any atom is -0.489 e. The van der Waals surface area contributed by atoms with Crippen LogP contribution >= 0.6 is 35.6 Å². The molecule has 0 saturated carbocycles. The topological polar surface area (TPSA) is 35.2 Å². The van der Waals surface area contributed by atoms with Crippen LogP contribution in [0, 0.1) is 0 Å². The summed E-state index contributed by atoms with van der Waals surface area (Å²) < 4.78 is 5.43. The Morgan fingerprint density at radius 2 is 2.00 bits per heavy atom. The lowest BCUT2D eigenvalue weighted by Crippen LogP contribution is -2.22. The van der Waals surface area contributed by atoms with E-state index in [4.69, 9.17) is 33.7 Å². The maximum Gasteiger partial charge on any atom is 0.121 e. The Labute approximate surface area is 99.7 Å². The van der Waals surface area contributed by atoms with Gasteiger partial charge in [0.25, 0.3) is 0 Å². The van der Waals surface area contributed by atoms with Gasteiger partial charge in [0.05, 0.1) is 10.0 Å². The Morgan fingerprint density at radius 3 is 2.50 bits per heavy atom. The van der Waals surface area contributed by atoms with Gasteiger partial charge in [-0.1, -0.05) is 23.2 Å². The molecule has 0 radical (unpaired) electrons. The molecular weight excluding hydrogens is 244 g/mol. The average Bonchev–Trinajstić information content (AvgIpc) is 2.11. The van der Waals surface area contributed by atoms with Gasteiger partial charge in [0, 0.05) is 12.6 Å². The second-order valence-corrected chi connectivity index (χ2v) is 3.55. The first-order valence-electron chi connectivity index (χ1n) is 3.95. The standard InChI is InChI=1S/C9H11Cl2NO.ClH/c1-6(5-12)13-7-2-3-8(10)9(11)4-7;/h2-4,6H,5,12H2,1H3;1H. The van der Waals surface area contributed by atoms with Crippen LogP contribution in [0.2, 0.25) is 10.0 Å². The van der Waals surface area contributed by atoms with E-state index in [2.05, 4.69) is 0 Å². The third kappa shape index (κ3) is 3.93. The van der Waals surface area contributed by atoms with Crippen molar-refractivity contribution in [3.63, 3.8) is 0 Å². The van der Waals surface area contributed by atoms with Crippen LogP contribution in [0.15, 0.2) is 18.2 Å². The first-order valence-corrected chi connectivity index (χ1v) is 4.71. The molecule has 80 valence electrons. The summed E-state index contributed by atoms with van der Waals surface area (Å²) in [6, 6.07) is 5.14. The van der Waals surface area contributed by atoms with Crippen molar-refractivity contribution in [2.45, 2.75) is 13.0 Å². The van der Waals surface area contributed by atoms with Crippen molar-refractivity contribution in [3.8, 4) is 5.75 Å². The fraction of sp³-hybridized carbons (Fsp3) is 0.333. The molecule has 1 unspecified atom stereocenters. The molecule has 1 aromatic carbocycles. The quantitative estimate of drug-likeness (QED) is 0.902. The predicted octanol–water partition coefficient (Wildman–Crippen LogP) is 3.14. The molecule has 0 aromatic heterocycles. The average molecular weight is 257 g/mol. The highest BCUT2D eigenvalue weighted by Gasteiger charge is 2.03. The summed E-state index contributed by atoms with van der Waals surface area (Å²) in [7, 11) is 0. The summed E-state index contributed by atoms with van der Waals surface area (Å²) in [5, 5.41) is 1.01. The van der Waals surface area contributed by atoms with Crippen LogP contribution in [0.3, 0.4) is 0 Å². The van der Waals surface area contributed by atoms with Gasteiger partial charge in [0.2, 0.25) is 0 Å². The van der Waals surface area contributed by atoms with Crippen molar-refractivity contribution in [1.82, 2.24) is 0 Å². The molecule has 0 aliphatic heterocycles. The van der Waals surface area contributed by atoms with Gasteiger partial charge in [-0.2, -0.15) is 0 Å². The number of ether oxygens (including phenoxy) is 1. The molecule has 5 heteroatoms. The molecule has 1 atom stereocenters. The highest BCUT2D eigenvalue weighted by molar-refractivity contribution is 6.42. The zero-order valence-electron chi connectivity index (χ0n) is 7.67. The fourth-order valence-corrected chi connectivity index (χ4v) is 1.12. The number of hydrogen-bond acceptors (Lipinski definition) is 2. The van der Waals surface area contributed by atoms with Gasteiger partial charge >= 0.3 is 0 Å². The van der Waals surface area contributed by atoms with Gasteiger partial charge < -0.3 is 10.5 Å². The first-order chi connectivity index (χ1) is 6.13. The summed E-state index contributed by atoms with van der Waals surface area (Å²) in [6.07, 6.45) is -0.0164. The van der Waals surface area contributed by atoms with E-state index in [-0.39, 0.29) is 18.5 Å². The minimum atomic E-state index is -0.0164. The van der Waals surface area contributed by atoms with Crippen LogP contribution in [0.5, 0.6) is 5.75 Å². The number of rotatable bonds is 3. The molecule has 0 aliphatic carbocycles. The lowest BCUT2D eigenvalue weighted by molar-refractivity contribution is 0.230. The van der Waals surface area contributed by atoms with E-state index < -0.39 is 0 Å². The Kier molecular flexibility index (Phi) is 6.29. The van der Waals surface area contributed by atoms with Crippen LogP contribution in [0.25, 0.3) is 0 Å². The Bertz CT molecular complexity index is 293. The van der Waals surface area contributed by atoms with Crippen LogP contribution in [0.4, 0.5) is 0 Å². The molecule has 0 saturated heterocycles. The van der Waals surface area contributed by atoms with Gasteiger partial charge in [-0.05, 0) is 19.1 Å². The molecule has 2 N–H and O–H groups in total. The van der Waals surface area contributed by atoms with Gasteiger partial charge in [-0.25, -0.2) is 0 Å². The molecule has 0 bridgehead atoms. The lowest BCUT2D eigenvalue weighted by atomic mass is 10.3. The van der Waals surface area contributed by atoms with Crippen LogP contribution in [0.1, 0.15) is 6.92 Å². The third-order valence-corrected chi connectivity index (χ3v) is 2.30. The number of hydrogen-bond donors (Lipinski definition) is 1. The fourth-order valence-electron chi connectivity index (χ4n) is 0.831. The first kappa shape index (κ1) is 13.8. The summed E-state index contributed by atoms with van der Waals surface area (Å²) in [5.74, 6) is 0.687. The molecule has 0 amide bonds. The van der Waals surface area contributed by atoms with Crippen molar-refractivity contribution < 1.29 is 4.74 Å². The molecule has 0 heterocycles. The summed E-state index contributed by atoms with van der Waals surface area (Å²) >= 11 is 11.5. The third-order valence-electron chi connectivity index (χ3n) is 1.56. The summed E-state index contributed by atoms with van der Waals surface area (Å²) in [5.41, 5.74) is 5.40. The summed E-state index contributed by atoms with van der Waals surface area (Å²) in [6.45, 7) is 2.36. The normalized spacial score (nSPS) is 11.7. The summed E-state index contributed by atoms with van der Waals surface area (Å²) in [4.78, 5) is 0. The zero-order valence-corrected chi connectivity index (χ0v) is 9.99. The van der Waals surface area contributed by atoms with E-state index in [1.54, 1.807) is 18.2 Å². The molecule has 1 aromatic rings. The highest BCUT2D eigenvalue weighted by Crippen LogP contribution is 2.26. The minimum absolute atomic E-state index is 0. The van der Waals surface area contributed by atoms with Crippen molar-refractivity contribution in [2.75, 3.05) is 6.54 Å². The van der Waals surface area contributed by atoms with E-state index in [1.807, 2.05) is 6.92 Å². The monoisotopic (exact) mass is 255 g/mol. The van der Waals surface area contributed by atoms with Crippen molar-refractivity contribution >= 4 is 35.6 Å². The van der Waals surface area contributed by atoms with Crippen molar-refractivity contribution in [1.29, 1.82) is 0 Å². The number of benzene rings is 1. The van der Waals surface area contributed by atoms with Crippen LogP contribution < -0.4 is 10.5 Å².